The minimum atomic E-state index is -5.11. The van der Waals surface area contributed by atoms with Gasteiger partial charge in [-0.25, -0.2) is 4.18 Å². The molecule has 0 aromatic carbocycles. The van der Waals surface area contributed by atoms with Crippen LogP contribution >= 0.6 is 0 Å². The van der Waals surface area contributed by atoms with Crippen LogP contribution in [-0.2, 0) is 28.9 Å². The van der Waals surface area contributed by atoms with Crippen LogP contribution in [0.3, 0.4) is 0 Å². The lowest BCUT2D eigenvalue weighted by Crippen LogP contribution is -2.61. The standard InChI is InChI=1S/C36H67NO12S/c1-3-5-7-9-11-13-15-17-19-21-23-25-30(40)35(43)37-28(29(39)24-22-20-18-16-14-12-10-8-6-4-2)27-47-36-33(42)34(49-50(44,45)46)32(41)31(26-38)48-36/h11,13,22,24,28-34,36,38-42H,3-10,12,14-21,23,25-27H2,1-2H3,(H,37,43)(H,44,45,46)/b13-11-,24-22+. The van der Waals surface area contributed by atoms with E-state index in [1.165, 1.54) is 57.4 Å². The van der Waals surface area contributed by atoms with Crippen molar-refractivity contribution in [2.45, 2.75) is 185 Å². The lowest BCUT2D eigenvalue weighted by Gasteiger charge is -2.41. The molecule has 0 radical (unpaired) electrons. The third-order valence-electron chi connectivity index (χ3n) is 8.83. The Bertz CT molecular complexity index is 1030. The molecule has 7 N–H and O–H groups in total. The van der Waals surface area contributed by atoms with E-state index >= 15 is 0 Å². The fourth-order valence-corrected chi connectivity index (χ4v) is 6.25. The van der Waals surface area contributed by atoms with Gasteiger partial charge in [-0.3, -0.25) is 9.35 Å². The molecule has 1 heterocycles. The molecule has 14 heteroatoms. The van der Waals surface area contributed by atoms with Crippen LogP contribution in [0.4, 0.5) is 0 Å². The summed E-state index contributed by atoms with van der Waals surface area (Å²) in [4.78, 5) is 13.0. The van der Waals surface area contributed by atoms with Gasteiger partial charge in [0.2, 0.25) is 5.91 Å². The number of rotatable bonds is 30. The number of nitrogens with one attached hydrogen (secondary N) is 1. The number of aliphatic hydroxyl groups excluding tert-OH is 5. The third kappa shape index (κ3) is 21.2. The highest BCUT2D eigenvalue weighted by Gasteiger charge is 2.48. The van der Waals surface area contributed by atoms with Crippen molar-refractivity contribution in [2.75, 3.05) is 13.2 Å². The quantitative estimate of drug-likeness (QED) is 0.0311. The molecular weight excluding hydrogens is 670 g/mol. The van der Waals surface area contributed by atoms with Gasteiger partial charge in [0.1, 0.15) is 30.5 Å². The fourth-order valence-electron chi connectivity index (χ4n) is 5.75. The van der Waals surface area contributed by atoms with Crippen molar-refractivity contribution in [1.82, 2.24) is 5.32 Å². The molecule has 1 amide bonds. The second kappa shape index (κ2) is 28.1. The zero-order chi connectivity index (χ0) is 37.2. The molecule has 1 rings (SSSR count). The molecule has 0 aromatic heterocycles. The van der Waals surface area contributed by atoms with Crippen LogP contribution in [0.25, 0.3) is 0 Å². The maximum Gasteiger partial charge on any atom is 0.397 e. The first-order valence-corrected chi connectivity index (χ1v) is 20.2. The molecule has 0 spiro atoms. The summed E-state index contributed by atoms with van der Waals surface area (Å²) >= 11 is 0. The van der Waals surface area contributed by atoms with E-state index in [0.717, 1.165) is 51.4 Å². The Morgan fingerprint density at radius 3 is 1.90 bits per heavy atom. The van der Waals surface area contributed by atoms with Gasteiger partial charge in [-0.2, -0.15) is 8.42 Å². The number of allylic oxidation sites excluding steroid dienone is 3. The lowest BCUT2D eigenvalue weighted by molar-refractivity contribution is -0.298. The minimum absolute atomic E-state index is 0.228. The van der Waals surface area contributed by atoms with E-state index in [4.69, 9.17) is 14.0 Å². The first kappa shape index (κ1) is 46.6. The second-order valence-corrected chi connectivity index (χ2v) is 14.3. The molecule has 1 saturated heterocycles. The van der Waals surface area contributed by atoms with Crippen molar-refractivity contribution >= 4 is 16.3 Å². The van der Waals surface area contributed by atoms with Crippen molar-refractivity contribution in [3.05, 3.63) is 24.3 Å². The third-order valence-corrected chi connectivity index (χ3v) is 9.30. The van der Waals surface area contributed by atoms with Gasteiger partial charge >= 0.3 is 10.4 Å². The molecular formula is C36H67NO12S. The molecule has 8 unspecified atom stereocenters. The van der Waals surface area contributed by atoms with E-state index in [9.17, 15) is 38.7 Å². The summed E-state index contributed by atoms with van der Waals surface area (Å²) in [5, 5.41) is 54.7. The van der Waals surface area contributed by atoms with Gasteiger partial charge in [-0.1, -0.05) is 115 Å². The normalized spacial score (nSPS) is 23.4. The molecule has 13 nitrogen and oxygen atoms in total. The van der Waals surface area contributed by atoms with Gasteiger partial charge in [0, 0.05) is 0 Å². The Labute approximate surface area is 300 Å². The van der Waals surface area contributed by atoms with Crippen LogP contribution in [0.5, 0.6) is 0 Å². The first-order chi connectivity index (χ1) is 23.9. The van der Waals surface area contributed by atoms with Crippen molar-refractivity contribution in [3.8, 4) is 0 Å². The summed E-state index contributed by atoms with van der Waals surface area (Å²) < 4.78 is 47.2. The second-order valence-electron chi connectivity index (χ2n) is 13.3. The van der Waals surface area contributed by atoms with Crippen molar-refractivity contribution in [1.29, 1.82) is 0 Å². The predicted molar refractivity (Wildman–Crippen MR) is 191 cm³/mol. The topological polar surface area (TPSA) is 212 Å². The average Bonchev–Trinajstić information content (AvgIpc) is 3.08. The zero-order valence-electron chi connectivity index (χ0n) is 30.3. The number of aliphatic hydroxyl groups is 5. The number of hydrogen-bond donors (Lipinski definition) is 7. The number of ether oxygens (including phenoxy) is 2. The van der Waals surface area contributed by atoms with Crippen LogP contribution in [0.2, 0.25) is 0 Å². The van der Waals surface area contributed by atoms with E-state index in [1.807, 2.05) is 0 Å². The highest BCUT2D eigenvalue weighted by molar-refractivity contribution is 7.80. The van der Waals surface area contributed by atoms with Crippen LogP contribution in [0, 0.1) is 0 Å². The van der Waals surface area contributed by atoms with E-state index in [-0.39, 0.29) is 6.42 Å². The Kier molecular flexibility index (Phi) is 26.2. The molecule has 1 aliphatic rings. The maximum absolute atomic E-state index is 13.0. The average molecular weight is 738 g/mol. The Morgan fingerprint density at radius 2 is 1.32 bits per heavy atom. The van der Waals surface area contributed by atoms with Gasteiger partial charge in [-0.15, -0.1) is 0 Å². The molecule has 294 valence electrons. The van der Waals surface area contributed by atoms with Gasteiger partial charge in [0.05, 0.1) is 25.4 Å². The van der Waals surface area contributed by atoms with Crippen LogP contribution < -0.4 is 5.32 Å². The van der Waals surface area contributed by atoms with Gasteiger partial charge in [0.25, 0.3) is 0 Å². The Morgan fingerprint density at radius 1 is 0.800 bits per heavy atom. The summed E-state index contributed by atoms with van der Waals surface area (Å²) in [6, 6.07) is -1.12. The number of unbranched alkanes of at least 4 members (excludes halogenated alkanes) is 15. The smallest absolute Gasteiger partial charge is 0.394 e. The SMILES string of the molecule is CCCCC/C=C\CCCCCCC(O)C(=O)NC(COC1OC(CO)C(O)C(OS(=O)(=O)O)C1O)C(O)/C=C/CCCCCCCCCC. The van der Waals surface area contributed by atoms with E-state index < -0.39 is 78.5 Å². The summed E-state index contributed by atoms with van der Waals surface area (Å²) in [5.41, 5.74) is 0. The van der Waals surface area contributed by atoms with Crippen LogP contribution in [-0.4, -0.2) is 107 Å². The van der Waals surface area contributed by atoms with E-state index in [2.05, 4.69) is 35.5 Å². The van der Waals surface area contributed by atoms with Crippen LogP contribution in [0.15, 0.2) is 24.3 Å². The number of carbonyl (C=O) groups excluding carboxylic acids is 1. The van der Waals surface area contributed by atoms with Gasteiger partial charge in [0.15, 0.2) is 6.29 Å². The molecule has 0 aromatic rings. The monoisotopic (exact) mass is 737 g/mol. The molecule has 50 heavy (non-hydrogen) atoms. The minimum Gasteiger partial charge on any atom is -0.394 e. The molecule has 1 aliphatic heterocycles. The summed E-state index contributed by atoms with van der Waals surface area (Å²) in [6.45, 7) is 3.10. The number of amides is 1. The Balaban J connectivity index is 2.75. The number of carbonyl (C=O) groups is 1. The van der Waals surface area contributed by atoms with Crippen molar-refractivity contribution in [2.24, 2.45) is 0 Å². The number of hydrogen-bond acceptors (Lipinski definition) is 11. The van der Waals surface area contributed by atoms with E-state index in [0.29, 0.717) is 12.8 Å². The highest BCUT2D eigenvalue weighted by atomic mass is 32.3. The van der Waals surface area contributed by atoms with Crippen molar-refractivity contribution in [3.63, 3.8) is 0 Å². The molecule has 0 aliphatic carbocycles. The summed E-state index contributed by atoms with van der Waals surface area (Å²) in [5.74, 6) is -0.717. The van der Waals surface area contributed by atoms with Gasteiger partial charge in [-0.05, 0) is 44.9 Å². The highest BCUT2D eigenvalue weighted by Crippen LogP contribution is 2.26. The Hall–Kier alpha value is -1.46. The van der Waals surface area contributed by atoms with E-state index in [1.54, 1.807) is 6.08 Å². The van der Waals surface area contributed by atoms with Gasteiger partial charge < -0.3 is 40.3 Å². The van der Waals surface area contributed by atoms with Crippen LogP contribution in [0.1, 0.15) is 136 Å². The molecule has 0 bridgehead atoms. The molecule has 1 fully saturated rings. The zero-order valence-corrected chi connectivity index (χ0v) is 31.1. The predicted octanol–water partition coefficient (Wildman–Crippen LogP) is 4.40. The molecule has 0 saturated carbocycles. The maximum atomic E-state index is 13.0. The fraction of sp³-hybridized carbons (Fsp3) is 0.861. The van der Waals surface area contributed by atoms with Crippen molar-refractivity contribution < 1.29 is 57.0 Å². The lowest BCUT2D eigenvalue weighted by atomic mass is 9.99. The summed E-state index contributed by atoms with van der Waals surface area (Å²) in [6.07, 6.45) is 15.8. The largest absolute Gasteiger partial charge is 0.397 e. The summed E-state index contributed by atoms with van der Waals surface area (Å²) in [7, 11) is -5.11. The first-order valence-electron chi connectivity index (χ1n) is 18.8. The molecule has 8 atom stereocenters.